The maximum atomic E-state index is 12.7. The zero-order chi connectivity index (χ0) is 19.6. The predicted molar refractivity (Wildman–Crippen MR) is 88.4 cm³/mol. The van der Waals surface area contributed by atoms with E-state index < -0.39 is 35.8 Å². The Morgan fingerprint density at radius 1 is 1.33 bits per heavy atom. The highest BCUT2D eigenvalue weighted by Gasteiger charge is 2.36. The molecule has 2 fully saturated rings. The van der Waals surface area contributed by atoms with Crippen LogP contribution in [0.25, 0.3) is 0 Å². The van der Waals surface area contributed by atoms with Crippen molar-refractivity contribution in [2.45, 2.75) is 19.1 Å². The van der Waals surface area contributed by atoms with Gasteiger partial charge in [-0.05, 0) is 6.08 Å². The molecule has 3 aliphatic rings. The molecule has 0 spiro atoms. The number of hydrogen-bond donors (Lipinski definition) is 2. The first-order chi connectivity index (χ1) is 12.9. The Morgan fingerprint density at radius 3 is 2.74 bits per heavy atom. The summed E-state index contributed by atoms with van der Waals surface area (Å²) < 4.78 is 15.3. The van der Waals surface area contributed by atoms with Crippen molar-refractivity contribution in [2.75, 3.05) is 32.8 Å². The van der Waals surface area contributed by atoms with E-state index in [4.69, 9.17) is 20.1 Å². The molecule has 2 saturated heterocycles. The summed E-state index contributed by atoms with van der Waals surface area (Å²) in [5, 5.41) is 0. The number of morpholine rings is 1. The van der Waals surface area contributed by atoms with Gasteiger partial charge in [0.2, 0.25) is 17.4 Å². The number of hydrogen-bond acceptors (Lipinski definition) is 9. The van der Waals surface area contributed by atoms with E-state index in [9.17, 15) is 19.2 Å². The first-order valence-electron chi connectivity index (χ1n) is 8.36. The number of carbonyl (C=O) groups is 4. The second kappa shape index (κ2) is 7.76. The van der Waals surface area contributed by atoms with Gasteiger partial charge in [-0.15, -0.1) is 0 Å². The third-order valence-electron chi connectivity index (χ3n) is 4.45. The molecule has 3 aliphatic heterocycles. The molecule has 27 heavy (non-hydrogen) atoms. The van der Waals surface area contributed by atoms with Crippen LogP contribution in [0.2, 0.25) is 0 Å². The minimum atomic E-state index is -1.15. The molecule has 0 saturated carbocycles. The van der Waals surface area contributed by atoms with Crippen molar-refractivity contribution in [1.82, 2.24) is 15.2 Å². The van der Waals surface area contributed by atoms with Gasteiger partial charge >= 0.3 is 6.16 Å². The average Bonchev–Trinajstić information content (AvgIpc) is 2.61. The van der Waals surface area contributed by atoms with Gasteiger partial charge < -0.3 is 29.4 Å². The van der Waals surface area contributed by atoms with E-state index in [1.165, 1.54) is 28.9 Å². The van der Waals surface area contributed by atoms with Crippen LogP contribution in [0.4, 0.5) is 4.79 Å². The van der Waals surface area contributed by atoms with Crippen molar-refractivity contribution in [3.05, 3.63) is 23.6 Å². The van der Waals surface area contributed by atoms with Gasteiger partial charge in [0.05, 0.1) is 32.3 Å². The number of nitrogens with one attached hydrogen (secondary N) is 1. The molecule has 146 valence electrons. The Labute approximate surface area is 154 Å². The highest BCUT2D eigenvalue weighted by atomic mass is 16.7. The predicted octanol–water partition coefficient (Wildman–Crippen LogP) is -1.59. The summed E-state index contributed by atoms with van der Waals surface area (Å²) in [4.78, 5) is 51.2. The zero-order valence-corrected chi connectivity index (χ0v) is 14.7. The minimum Gasteiger partial charge on any atom is -0.427 e. The van der Waals surface area contributed by atoms with Gasteiger partial charge in [-0.1, -0.05) is 6.08 Å². The van der Waals surface area contributed by atoms with E-state index in [1.807, 2.05) is 0 Å². The number of fused-ring (bicyclic) bond motifs is 1. The van der Waals surface area contributed by atoms with Crippen LogP contribution in [-0.2, 0) is 28.6 Å². The summed E-state index contributed by atoms with van der Waals surface area (Å²) in [7, 11) is 0. The first-order valence-corrected chi connectivity index (χ1v) is 8.36. The number of rotatable bonds is 3. The molecule has 2 amide bonds. The normalized spacial score (nSPS) is 27.1. The van der Waals surface area contributed by atoms with Gasteiger partial charge in [0.15, 0.2) is 5.70 Å². The monoisotopic (exact) mass is 380 g/mol. The number of nitrogens with two attached hydrogens (primary N) is 1. The molecule has 11 nitrogen and oxygen atoms in total. The molecule has 0 bridgehead atoms. The van der Waals surface area contributed by atoms with E-state index >= 15 is 0 Å². The standard InChI is InChI=1S/C16H20N4O7/c1-9(21)19-6-11(7-19)26-16(24)27-14-12(22)3-2-10-8-25-5-4-20(10)15(23)13(14)18-17/h2-3,10-11,18H,4-8,17H2,1H3/b3-2-,14-13+/t10-/m1/s1. The van der Waals surface area contributed by atoms with Gasteiger partial charge in [0.1, 0.15) is 6.10 Å². The van der Waals surface area contributed by atoms with Crippen LogP contribution in [-0.4, -0.2) is 78.5 Å². The lowest BCUT2D eigenvalue weighted by atomic mass is 10.1. The fraction of sp³-hybridized carbons (Fsp3) is 0.500. The van der Waals surface area contributed by atoms with Crippen molar-refractivity contribution in [3.8, 4) is 0 Å². The molecule has 3 N–H and O–H groups in total. The molecule has 11 heteroatoms. The van der Waals surface area contributed by atoms with E-state index in [0.29, 0.717) is 13.2 Å². The van der Waals surface area contributed by atoms with Crippen molar-refractivity contribution >= 4 is 23.8 Å². The maximum Gasteiger partial charge on any atom is 0.514 e. The van der Waals surface area contributed by atoms with Crippen molar-refractivity contribution < 1.29 is 33.4 Å². The van der Waals surface area contributed by atoms with Crippen molar-refractivity contribution in [2.24, 2.45) is 5.84 Å². The van der Waals surface area contributed by atoms with Crippen LogP contribution in [0, 0.1) is 0 Å². The molecule has 0 aromatic heterocycles. The fourth-order valence-corrected chi connectivity index (χ4v) is 2.91. The van der Waals surface area contributed by atoms with Crippen LogP contribution in [0.5, 0.6) is 0 Å². The molecule has 3 heterocycles. The molecule has 0 unspecified atom stereocenters. The lowest BCUT2D eigenvalue weighted by molar-refractivity contribution is -0.140. The van der Waals surface area contributed by atoms with Crippen LogP contribution >= 0.6 is 0 Å². The molecule has 3 rings (SSSR count). The minimum absolute atomic E-state index is 0.133. The summed E-state index contributed by atoms with van der Waals surface area (Å²) in [5.74, 6) is 3.44. The largest absolute Gasteiger partial charge is 0.514 e. The number of ether oxygens (including phenoxy) is 3. The van der Waals surface area contributed by atoms with Crippen molar-refractivity contribution in [3.63, 3.8) is 0 Å². The van der Waals surface area contributed by atoms with Gasteiger partial charge in [0.25, 0.3) is 5.91 Å². The van der Waals surface area contributed by atoms with Crippen LogP contribution in [0.1, 0.15) is 6.92 Å². The fourth-order valence-electron chi connectivity index (χ4n) is 2.91. The molecule has 0 radical (unpaired) electrons. The van der Waals surface area contributed by atoms with E-state index in [0.717, 1.165) is 0 Å². The number of hydrazine groups is 1. The van der Waals surface area contributed by atoms with Crippen molar-refractivity contribution in [1.29, 1.82) is 0 Å². The molecule has 0 aromatic carbocycles. The molecular weight excluding hydrogens is 360 g/mol. The van der Waals surface area contributed by atoms with E-state index in [-0.39, 0.29) is 31.3 Å². The third kappa shape index (κ3) is 3.93. The molecule has 0 aliphatic carbocycles. The highest BCUT2D eigenvalue weighted by Crippen LogP contribution is 2.20. The Bertz CT molecular complexity index is 726. The number of ketones is 1. The van der Waals surface area contributed by atoms with Gasteiger partial charge in [-0.25, -0.2) is 4.79 Å². The summed E-state index contributed by atoms with van der Waals surface area (Å²) >= 11 is 0. The zero-order valence-electron chi connectivity index (χ0n) is 14.7. The number of carbonyl (C=O) groups excluding carboxylic acids is 4. The number of nitrogens with zero attached hydrogens (tertiary/aromatic N) is 2. The Hall–Kier alpha value is -2.92. The highest BCUT2D eigenvalue weighted by molar-refractivity contribution is 6.10. The molecule has 1 atom stereocenters. The molecular formula is C16H20N4O7. The summed E-state index contributed by atoms with van der Waals surface area (Å²) in [6, 6.07) is -0.417. The number of likely N-dealkylation sites (tertiary alicyclic amines) is 1. The Morgan fingerprint density at radius 2 is 2.07 bits per heavy atom. The lowest BCUT2D eigenvalue weighted by Gasteiger charge is -2.37. The van der Waals surface area contributed by atoms with Crippen LogP contribution in [0.3, 0.4) is 0 Å². The quantitative estimate of drug-likeness (QED) is 0.337. The third-order valence-corrected chi connectivity index (χ3v) is 4.45. The second-order valence-electron chi connectivity index (χ2n) is 6.23. The topological polar surface area (TPSA) is 140 Å². The Kier molecular flexibility index (Phi) is 5.42. The van der Waals surface area contributed by atoms with Gasteiger partial charge in [0, 0.05) is 13.5 Å². The van der Waals surface area contributed by atoms with Gasteiger partial charge in [-0.2, -0.15) is 0 Å². The number of amides is 2. The smallest absolute Gasteiger partial charge is 0.427 e. The summed E-state index contributed by atoms with van der Waals surface area (Å²) in [5.41, 5.74) is 1.81. The Balaban J connectivity index is 1.73. The van der Waals surface area contributed by atoms with Gasteiger partial charge in [-0.3, -0.25) is 20.2 Å². The lowest BCUT2D eigenvalue weighted by Crippen LogP contribution is -2.54. The SMILES string of the molecule is CC(=O)N1CC(OC(=O)O/C2=C(/NN)C(=O)N3CCOC[C@H]3/C=C\C2=O)C1. The maximum absolute atomic E-state index is 12.7. The molecule has 0 aromatic rings. The van der Waals surface area contributed by atoms with E-state index in [1.54, 1.807) is 0 Å². The summed E-state index contributed by atoms with van der Waals surface area (Å²) in [6.45, 7) is 2.78. The van der Waals surface area contributed by atoms with Crippen LogP contribution < -0.4 is 11.3 Å². The average molecular weight is 380 g/mol. The van der Waals surface area contributed by atoms with E-state index in [2.05, 4.69) is 5.43 Å². The summed E-state index contributed by atoms with van der Waals surface area (Å²) in [6.07, 6.45) is 1.02. The first kappa shape index (κ1) is 18.9. The van der Waals surface area contributed by atoms with Crippen LogP contribution in [0.15, 0.2) is 23.6 Å². The second-order valence-corrected chi connectivity index (χ2v) is 6.23. The number of allylic oxidation sites excluding steroid dienone is 1.